The van der Waals surface area contributed by atoms with E-state index in [1.807, 2.05) is 0 Å². The van der Waals surface area contributed by atoms with E-state index in [2.05, 4.69) is 34.3 Å². The van der Waals surface area contributed by atoms with Crippen molar-refractivity contribution in [3.8, 4) is 23.7 Å². The first-order valence-corrected chi connectivity index (χ1v) is 9.27. The molecule has 9 heteroatoms. The van der Waals surface area contributed by atoms with Crippen molar-refractivity contribution >= 4 is 17.8 Å². The fourth-order valence-corrected chi connectivity index (χ4v) is 2.71. The fourth-order valence-electron chi connectivity index (χ4n) is 2.71. The summed E-state index contributed by atoms with van der Waals surface area (Å²) in [5.41, 5.74) is 7.31. The first-order chi connectivity index (χ1) is 14.2. The lowest BCUT2D eigenvalue weighted by Crippen LogP contribution is -2.61. The largest absolute Gasteiger partial charge is 0.341 e. The van der Waals surface area contributed by atoms with Crippen LogP contribution < -0.4 is 21.8 Å². The summed E-state index contributed by atoms with van der Waals surface area (Å²) in [4.78, 5) is 37.2. The van der Waals surface area contributed by atoms with Crippen LogP contribution in [-0.2, 0) is 4.79 Å². The van der Waals surface area contributed by atoms with Crippen molar-refractivity contribution in [1.29, 1.82) is 0 Å². The number of nitrogens with zero attached hydrogens (tertiary/aromatic N) is 1. The summed E-state index contributed by atoms with van der Waals surface area (Å²) in [6.45, 7) is 4.30. The molecule has 9 nitrogen and oxygen atoms in total. The van der Waals surface area contributed by atoms with Crippen LogP contribution in [0.3, 0.4) is 0 Å². The van der Waals surface area contributed by atoms with Gasteiger partial charge in [-0.2, -0.15) is 0 Å². The van der Waals surface area contributed by atoms with Gasteiger partial charge in [0, 0.05) is 36.8 Å². The number of urea groups is 1. The highest BCUT2D eigenvalue weighted by atomic mass is 16.5. The molecule has 1 fully saturated rings. The van der Waals surface area contributed by atoms with Crippen LogP contribution in [0.2, 0.25) is 0 Å². The van der Waals surface area contributed by atoms with Crippen molar-refractivity contribution in [3.05, 3.63) is 35.4 Å². The van der Waals surface area contributed by atoms with Gasteiger partial charge in [-0.1, -0.05) is 11.8 Å². The second-order valence-electron chi connectivity index (χ2n) is 7.46. The maximum Gasteiger partial charge on any atom is 0.317 e. The molecular weight excluding hydrogens is 386 g/mol. The van der Waals surface area contributed by atoms with Gasteiger partial charge < -0.3 is 21.3 Å². The van der Waals surface area contributed by atoms with Crippen molar-refractivity contribution in [3.63, 3.8) is 0 Å². The van der Waals surface area contributed by atoms with Gasteiger partial charge in [0.15, 0.2) is 0 Å². The Morgan fingerprint density at radius 1 is 1.20 bits per heavy atom. The minimum Gasteiger partial charge on any atom is -0.341 e. The third-order valence-corrected chi connectivity index (χ3v) is 4.47. The smallest absolute Gasteiger partial charge is 0.317 e. The first kappa shape index (κ1) is 22.8. The molecule has 4 amide bonds. The molecule has 0 aromatic heterocycles. The van der Waals surface area contributed by atoms with E-state index in [9.17, 15) is 14.4 Å². The highest BCUT2D eigenvalue weighted by Crippen LogP contribution is 2.13. The Bertz CT molecular complexity index is 923. The molecule has 1 atom stereocenters. The third kappa shape index (κ3) is 5.98. The van der Waals surface area contributed by atoms with Crippen molar-refractivity contribution in [2.75, 3.05) is 20.1 Å². The number of amides is 4. The Labute approximate surface area is 175 Å². The van der Waals surface area contributed by atoms with Crippen molar-refractivity contribution in [2.24, 2.45) is 11.7 Å². The highest BCUT2D eigenvalue weighted by molar-refractivity contribution is 5.97. The Balaban J connectivity index is 1.94. The van der Waals surface area contributed by atoms with E-state index in [1.54, 1.807) is 50.1 Å². The minimum atomic E-state index is -1.12. The summed E-state index contributed by atoms with van der Waals surface area (Å²) in [5, 5.41) is 13.9. The van der Waals surface area contributed by atoms with Crippen LogP contribution in [0, 0.1) is 29.6 Å². The van der Waals surface area contributed by atoms with Crippen LogP contribution in [0.15, 0.2) is 24.3 Å². The second kappa shape index (κ2) is 9.79. The zero-order valence-corrected chi connectivity index (χ0v) is 17.1. The summed E-state index contributed by atoms with van der Waals surface area (Å²) in [6, 6.07) is 5.23. The van der Waals surface area contributed by atoms with E-state index in [0.29, 0.717) is 24.2 Å². The highest BCUT2D eigenvalue weighted by Gasteiger charge is 2.33. The van der Waals surface area contributed by atoms with Gasteiger partial charge in [-0.15, -0.1) is 0 Å². The molecule has 0 bridgehead atoms. The fraction of sp³-hybridized carbons (Fsp3) is 0.381. The number of likely N-dealkylation sites (tertiary alicyclic amines) is 1. The Hall–Kier alpha value is -3.53. The lowest BCUT2D eigenvalue weighted by Gasteiger charge is -2.35. The van der Waals surface area contributed by atoms with Crippen molar-refractivity contribution in [1.82, 2.24) is 21.0 Å². The van der Waals surface area contributed by atoms with E-state index in [-0.39, 0.29) is 11.9 Å². The first-order valence-electron chi connectivity index (χ1n) is 9.27. The topological polar surface area (TPSA) is 137 Å². The Morgan fingerprint density at radius 3 is 2.37 bits per heavy atom. The van der Waals surface area contributed by atoms with E-state index < -0.39 is 23.4 Å². The van der Waals surface area contributed by atoms with Gasteiger partial charge in [0.2, 0.25) is 0 Å². The molecule has 1 aromatic carbocycles. The van der Waals surface area contributed by atoms with E-state index in [0.717, 1.165) is 0 Å². The molecule has 158 valence electrons. The maximum atomic E-state index is 12.4. The third-order valence-electron chi connectivity index (χ3n) is 4.47. The molecule has 1 aliphatic heterocycles. The molecule has 2 rings (SSSR count). The molecular formula is C21H25N5O4. The lowest BCUT2D eigenvalue weighted by atomic mass is 9.95. The zero-order valence-electron chi connectivity index (χ0n) is 17.1. The number of benzene rings is 1. The number of hydrogen-bond donors (Lipinski definition) is 5. The number of carbonyl (C=O) groups is 3. The van der Waals surface area contributed by atoms with Gasteiger partial charge in [0.25, 0.3) is 11.8 Å². The number of hydrogen-bond acceptors (Lipinski definition) is 5. The maximum absolute atomic E-state index is 12.4. The molecule has 0 radical (unpaired) electrons. The van der Waals surface area contributed by atoms with Gasteiger partial charge in [-0.05, 0) is 50.0 Å². The summed E-state index contributed by atoms with van der Waals surface area (Å²) in [7, 11) is 1.59. The average Bonchev–Trinajstić information content (AvgIpc) is 2.68. The predicted molar refractivity (Wildman–Crippen MR) is 110 cm³/mol. The number of rotatable bonds is 4. The van der Waals surface area contributed by atoms with Crippen LogP contribution in [0.25, 0.3) is 0 Å². The van der Waals surface area contributed by atoms with Crippen LogP contribution in [0.4, 0.5) is 4.79 Å². The van der Waals surface area contributed by atoms with Crippen molar-refractivity contribution in [2.45, 2.75) is 25.4 Å². The van der Waals surface area contributed by atoms with Crippen LogP contribution in [0.1, 0.15) is 29.8 Å². The molecule has 6 N–H and O–H groups in total. The SMILES string of the molecule is CNC(=O)N1CC(C#CC#Cc2ccc(C(=O)N[C@H](C(=O)NO)C(C)(C)N)cc2)C1. The standard InChI is InChI=1S/C21H25N5O4/c1-21(2,22)17(19(28)25-30)24-18(27)16-10-8-14(9-11-16)6-4-5-7-15-12-26(13-15)20(29)23-3/h8-11,15,17,30H,12-13,22H2,1-3H3,(H,23,29)(H,24,27)(H,25,28)/t17-/m1/s1. The molecule has 1 aliphatic rings. The molecule has 1 aromatic rings. The van der Waals surface area contributed by atoms with Gasteiger partial charge in [-0.25, -0.2) is 10.3 Å². The molecule has 1 heterocycles. The summed E-state index contributed by atoms with van der Waals surface area (Å²) >= 11 is 0. The van der Waals surface area contributed by atoms with Gasteiger partial charge in [-0.3, -0.25) is 14.8 Å². The van der Waals surface area contributed by atoms with Gasteiger partial charge in [0.1, 0.15) is 6.04 Å². The summed E-state index contributed by atoms with van der Waals surface area (Å²) < 4.78 is 0. The minimum absolute atomic E-state index is 0.110. The Morgan fingerprint density at radius 2 is 1.83 bits per heavy atom. The quantitative estimate of drug-likeness (QED) is 0.262. The molecule has 1 saturated heterocycles. The number of nitrogens with one attached hydrogen (secondary N) is 3. The second-order valence-corrected chi connectivity index (χ2v) is 7.46. The molecule has 0 aliphatic carbocycles. The molecule has 0 spiro atoms. The molecule has 0 unspecified atom stereocenters. The lowest BCUT2D eigenvalue weighted by molar-refractivity contribution is -0.132. The Kier molecular flexibility index (Phi) is 7.43. The monoisotopic (exact) mass is 411 g/mol. The van der Waals surface area contributed by atoms with Crippen LogP contribution in [-0.4, -0.2) is 59.7 Å². The van der Waals surface area contributed by atoms with Crippen LogP contribution in [0.5, 0.6) is 0 Å². The van der Waals surface area contributed by atoms with Gasteiger partial charge >= 0.3 is 6.03 Å². The summed E-state index contributed by atoms with van der Waals surface area (Å²) in [5.74, 6) is 10.2. The molecule has 0 saturated carbocycles. The van der Waals surface area contributed by atoms with Gasteiger partial charge in [0.05, 0.1) is 5.92 Å². The van der Waals surface area contributed by atoms with Crippen LogP contribution >= 0.6 is 0 Å². The summed E-state index contributed by atoms with van der Waals surface area (Å²) in [6.07, 6.45) is 0. The number of hydroxylamine groups is 1. The number of nitrogens with two attached hydrogens (primary N) is 1. The van der Waals surface area contributed by atoms with E-state index >= 15 is 0 Å². The molecule has 30 heavy (non-hydrogen) atoms. The zero-order chi connectivity index (χ0) is 22.3. The van der Waals surface area contributed by atoms with E-state index in [1.165, 1.54) is 5.48 Å². The predicted octanol–water partition coefficient (Wildman–Crippen LogP) is -0.346. The number of carbonyl (C=O) groups excluding carboxylic acids is 3. The normalized spacial score (nSPS) is 14.1. The van der Waals surface area contributed by atoms with Crippen molar-refractivity contribution < 1.29 is 19.6 Å². The van der Waals surface area contributed by atoms with E-state index in [4.69, 9.17) is 10.9 Å². The average molecular weight is 411 g/mol.